The van der Waals surface area contributed by atoms with E-state index in [1.54, 1.807) is 7.11 Å². The number of piperidine rings is 1. The third kappa shape index (κ3) is 5.70. The SMILES string of the molecule is COc1cccc(-c2cccc(CC3(C(=O)NCCN4CCCCC4)CCOCC3)c2)c1. The van der Waals surface area contributed by atoms with Crippen molar-refractivity contribution in [3.63, 3.8) is 0 Å². The maximum absolute atomic E-state index is 13.4. The molecular weight excluding hydrogens is 400 g/mol. The molecule has 0 unspecified atom stereocenters. The Bertz CT molecular complexity index is 886. The molecule has 0 atom stereocenters. The minimum atomic E-state index is -0.396. The van der Waals surface area contributed by atoms with Gasteiger partial charge in [0.2, 0.25) is 5.91 Å². The van der Waals surface area contributed by atoms with E-state index < -0.39 is 5.41 Å². The van der Waals surface area contributed by atoms with Crippen LogP contribution in [0.4, 0.5) is 0 Å². The smallest absolute Gasteiger partial charge is 0.226 e. The van der Waals surface area contributed by atoms with Gasteiger partial charge in [0.1, 0.15) is 5.75 Å². The first-order valence-corrected chi connectivity index (χ1v) is 12.0. The highest BCUT2D eigenvalue weighted by molar-refractivity contribution is 5.83. The number of likely N-dealkylation sites (tertiary alicyclic amines) is 1. The van der Waals surface area contributed by atoms with Crippen molar-refractivity contribution in [2.75, 3.05) is 46.5 Å². The Labute approximate surface area is 192 Å². The Morgan fingerprint density at radius 2 is 1.75 bits per heavy atom. The monoisotopic (exact) mass is 436 g/mol. The molecule has 2 aliphatic heterocycles. The van der Waals surface area contributed by atoms with E-state index in [4.69, 9.17) is 9.47 Å². The van der Waals surface area contributed by atoms with E-state index in [0.717, 1.165) is 62.3 Å². The summed E-state index contributed by atoms with van der Waals surface area (Å²) in [4.78, 5) is 15.9. The van der Waals surface area contributed by atoms with Gasteiger partial charge in [-0.25, -0.2) is 0 Å². The summed E-state index contributed by atoms with van der Waals surface area (Å²) >= 11 is 0. The summed E-state index contributed by atoms with van der Waals surface area (Å²) in [7, 11) is 1.69. The number of benzene rings is 2. The molecule has 2 aliphatic rings. The van der Waals surface area contributed by atoms with Gasteiger partial charge in [-0.2, -0.15) is 0 Å². The normalized spacial score (nSPS) is 18.8. The number of nitrogens with one attached hydrogen (secondary N) is 1. The van der Waals surface area contributed by atoms with Crippen molar-refractivity contribution in [1.82, 2.24) is 10.2 Å². The first-order chi connectivity index (χ1) is 15.7. The van der Waals surface area contributed by atoms with E-state index in [1.165, 1.54) is 24.8 Å². The van der Waals surface area contributed by atoms with Crippen molar-refractivity contribution >= 4 is 5.91 Å². The van der Waals surface area contributed by atoms with Gasteiger partial charge < -0.3 is 19.7 Å². The van der Waals surface area contributed by atoms with Crippen molar-refractivity contribution in [3.8, 4) is 16.9 Å². The zero-order chi connectivity index (χ0) is 22.2. The fraction of sp³-hybridized carbons (Fsp3) is 0.519. The summed E-state index contributed by atoms with van der Waals surface area (Å²) < 4.78 is 11.0. The van der Waals surface area contributed by atoms with Gasteiger partial charge in [0.25, 0.3) is 0 Å². The van der Waals surface area contributed by atoms with Crippen LogP contribution in [0.5, 0.6) is 5.75 Å². The number of hydrogen-bond donors (Lipinski definition) is 1. The van der Waals surface area contributed by atoms with Crippen LogP contribution >= 0.6 is 0 Å². The average molecular weight is 437 g/mol. The van der Waals surface area contributed by atoms with E-state index in [1.807, 2.05) is 12.1 Å². The largest absolute Gasteiger partial charge is 0.497 e. The lowest BCUT2D eigenvalue weighted by Crippen LogP contribution is -2.48. The second kappa shape index (κ2) is 11.0. The zero-order valence-electron chi connectivity index (χ0n) is 19.3. The number of hydrogen-bond acceptors (Lipinski definition) is 4. The highest BCUT2D eigenvalue weighted by atomic mass is 16.5. The molecule has 32 heavy (non-hydrogen) atoms. The molecule has 0 saturated carbocycles. The molecule has 1 N–H and O–H groups in total. The third-order valence-corrected chi connectivity index (χ3v) is 6.97. The van der Waals surface area contributed by atoms with Crippen LogP contribution in [0.15, 0.2) is 48.5 Å². The van der Waals surface area contributed by atoms with Gasteiger partial charge in [-0.05, 0) is 74.0 Å². The lowest BCUT2D eigenvalue weighted by Gasteiger charge is -2.36. The van der Waals surface area contributed by atoms with Gasteiger partial charge in [0.05, 0.1) is 12.5 Å². The number of ether oxygens (including phenoxy) is 2. The number of carbonyl (C=O) groups is 1. The molecule has 0 aromatic heterocycles. The van der Waals surface area contributed by atoms with Gasteiger partial charge in [-0.15, -0.1) is 0 Å². The fourth-order valence-corrected chi connectivity index (χ4v) is 5.00. The Morgan fingerprint density at radius 1 is 1.03 bits per heavy atom. The van der Waals surface area contributed by atoms with E-state index in [9.17, 15) is 4.79 Å². The molecule has 172 valence electrons. The molecule has 5 nitrogen and oxygen atoms in total. The van der Waals surface area contributed by atoms with E-state index in [-0.39, 0.29) is 5.91 Å². The van der Waals surface area contributed by atoms with Crippen LogP contribution in [-0.4, -0.2) is 57.3 Å². The molecule has 2 aromatic rings. The highest BCUT2D eigenvalue weighted by Crippen LogP contribution is 2.36. The minimum Gasteiger partial charge on any atom is -0.497 e. The van der Waals surface area contributed by atoms with Gasteiger partial charge >= 0.3 is 0 Å². The molecule has 0 spiro atoms. The Balaban J connectivity index is 1.45. The first kappa shape index (κ1) is 22.8. The maximum atomic E-state index is 13.4. The van der Waals surface area contributed by atoms with Crippen molar-refractivity contribution < 1.29 is 14.3 Å². The third-order valence-electron chi connectivity index (χ3n) is 6.97. The minimum absolute atomic E-state index is 0.185. The molecule has 0 bridgehead atoms. The lowest BCUT2D eigenvalue weighted by atomic mass is 9.74. The molecule has 1 amide bonds. The number of carbonyl (C=O) groups excluding carboxylic acids is 1. The van der Waals surface area contributed by atoms with Gasteiger partial charge in [-0.1, -0.05) is 42.8 Å². The molecule has 4 rings (SSSR count). The summed E-state index contributed by atoms with van der Waals surface area (Å²) in [6.07, 6.45) is 6.17. The van der Waals surface area contributed by atoms with Crippen LogP contribution in [0, 0.1) is 5.41 Å². The van der Waals surface area contributed by atoms with Gasteiger partial charge in [-0.3, -0.25) is 4.79 Å². The Kier molecular flexibility index (Phi) is 7.82. The topological polar surface area (TPSA) is 50.8 Å². The van der Waals surface area contributed by atoms with Crippen molar-refractivity contribution in [2.24, 2.45) is 5.41 Å². The van der Waals surface area contributed by atoms with Gasteiger partial charge in [0.15, 0.2) is 0 Å². The molecule has 0 radical (unpaired) electrons. The standard InChI is InChI=1S/C27H36N2O3/c1-31-25-10-6-9-24(20-25)23-8-5-7-22(19-23)21-27(11-17-32-18-12-27)26(30)28-13-16-29-14-3-2-4-15-29/h5-10,19-20H,2-4,11-18,21H2,1H3,(H,28,30). The second-order valence-electron chi connectivity index (χ2n) is 9.16. The highest BCUT2D eigenvalue weighted by Gasteiger charge is 2.40. The molecule has 5 heteroatoms. The number of rotatable bonds is 8. The summed E-state index contributed by atoms with van der Waals surface area (Å²) in [5, 5.41) is 3.27. The molecule has 2 aromatic carbocycles. The first-order valence-electron chi connectivity index (χ1n) is 12.0. The van der Waals surface area contributed by atoms with Crippen LogP contribution in [-0.2, 0) is 16.0 Å². The van der Waals surface area contributed by atoms with E-state index >= 15 is 0 Å². The fourth-order valence-electron chi connectivity index (χ4n) is 5.00. The molecule has 0 aliphatic carbocycles. The van der Waals surface area contributed by atoms with Gasteiger partial charge in [0, 0.05) is 26.3 Å². The van der Waals surface area contributed by atoms with Crippen LogP contribution in [0.25, 0.3) is 11.1 Å². The van der Waals surface area contributed by atoms with E-state index in [0.29, 0.717) is 13.2 Å². The average Bonchev–Trinajstić information content (AvgIpc) is 2.85. The quantitative estimate of drug-likeness (QED) is 0.670. The Morgan fingerprint density at radius 3 is 2.50 bits per heavy atom. The zero-order valence-corrected chi connectivity index (χ0v) is 19.3. The molecule has 2 fully saturated rings. The van der Waals surface area contributed by atoms with Crippen LogP contribution in [0.1, 0.15) is 37.7 Å². The van der Waals surface area contributed by atoms with Crippen LogP contribution < -0.4 is 10.1 Å². The lowest BCUT2D eigenvalue weighted by molar-refractivity contribution is -0.136. The molecule has 2 heterocycles. The molecular formula is C27H36N2O3. The van der Waals surface area contributed by atoms with Crippen LogP contribution in [0.2, 0.25) is 0 Å². The molecule has 2 saturated heterocycles. The Hall–Kier alpha value is -2.37. The maximum Gasteiger partial charge on any atom is 0.226 e. The summed E-state index contributed by atoms with van der Waals surface area (Å²) in [5.74, 6) is 1.03. The van der Waals surface area contributed by atoms with Crippen LogP contribution in [0.3, 0.4) is 0 Å². The predicted molar refractivity (Wildman–Crippen MR) is 128 cm³/mol. The van der Waals surface area contributed by atoms with E-state index in [2.05, 4.69) is 46.6 Å². The van der Waals surface area contributed by atoms with Crippen molar-refractivity contribution in [2.45, 2.75) is 38.5 Å². The summed E-state index contributed by atoms with van der Waals surface area (Å²) in [5.41, 5.74) is 3.07. The number of nitrogens with zero attached hydrogens (tertiary/aromatic N) is 1. The summed E-state index contributed by atoms with van der Waals surface area (Å²) in [6.45, 7) is 5.29. The van der Waals surface area contributed by atoms with Crippen molar-refractivity contribution in [1.29, 1.82) is 0 Å². The second-order valence-corrected chi connectivity index (χ2v) is 9.16. The summed E-state index contributed by atoms with van der Waals surface area (Å²) in [6, 6.07) is 16.7. The van der Waals surface area contributed by atoms with Crippen molar-refractivity contribution in [3.05, 3.63) is 54.1 Å². The predicted octanol–water partition coefficient (Wildman–Crippen LogP) is 4.30. The number of methoxy groups -OCH3 is 1. The number of amides is 1.